The molecule has 1 aromatic heterocycles. The van der Waals surface area contributed by atoms with E-state index in [0.717, 1.165) is 12.1 Å². The van der Waals surface area contributed by atoms with Crippen molar-refractivity contribution >= 4 is 28.2 Å². The lowest BCUT2D eigenvalue weighted by molar-refractivity contribution is -0.120. The third-order valence-corrected chi connectivity index (χ3v) is 5.71. The first-order valence-electron chi connectivity index (χ1n) is 10.2. The highest BCUT2D eigenvalue weighted by atomic mass is 19.1. The molecule has 5 nitrogen and oxygen atoms in total. The number of hydrogen-bond donors (Lipinski definition) is 1. The van der Waals surface area contributed by atoms with E-state index in [1.807, 2.05) is 24.3 Å². The number of fused-ring (bicyclic) bond motifs is 1. The molecule has 0 bridgehead atoms. The van der Waals surface area contributed by atoms with E-state index < -0.39 is 0 Å². The maximum absolute atomic E-state index is 13.9. The smallest absolute Gasteiger partial charge is 0.227 e. The van der Waals surface area contributed by atoms with Crippen LogP contribution in [0.4, 0.5) is 15.8 Å². The van der Waals surface area contributed by atoms with Crippen LogP contribution in [0.1, 0.15) is 30.9 Å². The van der Waals surface area contributed by atoms with Gasteiger partial charge < -0.3 is 10.2 Å². The van der Waals surface area contributed by atoms with Crippen molar-refractivity contribution in [2.45, 2.75) is 26.2 Å². The average Bonchev–Trinajstić information content (AvgIpc) is 2.78. The van der Waals surface area contributed by atoms with Crippen molar-refractivity contribution in [2.75, 3.05) is 23.3 Å². The second-order valence-corrected chi connectivity index (χ2v) is 7.60. The van der Waals surface area contributed by atoms with E-state index in [2.05, 4.69) is 28.2 Å². The summed E-state index contributed by atoms with van der Waals surface area (Å²) in [5, 5.41) is 13.2. The molecule has 0 aliphatic carbocycles. The van der Waals surface area contributed by atoms with Crippen LogP contribution in [-0.4, -0.2) is 24.0 Å². The number of aryl methyl sites for hydroxylation is 1. The molecule has 0 saturated carbocycles. The van der Waals surface area contributed by atoms with Crippen molar-refractivity contribution in [1.82, 2.24) is 4.98 Å². The minimum Gasteiger partial charge on any atom is -0.370 e. The third-order valence-electron chi connectivity index (χ3n) is 5.71. The van der Waals surface area contributed by atoms with E-state index in [0.29, 0.717) is 48.1 Å². The number of anilines is 2. The lowest BCUT2D eigenvalue weighted by atomic mass is 9.94. The number of pyridine rings is 1. The molecular formula is C24H23FN4O. The minimum atomic E-state index is -0.357. The second kappa shape index (κ2) is 8.50. The molecule has 1 amide bonds. The first-order valence-corrected chi connectivity index (χ1v) is 10.2. The molecule has 4 rings (SSSR count). The molecule has 30 heavy (non-hydrogen) atoms. The summed E-state index contributed by atoms with van der Waals surface area (Å²) in [4.78, 5) is 19.1. The fraction of sp³-hybridized carbons (Fsp3) is 0.292. The fourth-order valence-corrected chi connectivity index (χ4v) is 4.05. The van der Waals surface area contributed by atoms with E-state index in [1.54, 1.807) is 6.07 Å². The van der Waals surface area contributed by atoms with E-state index in [9.17, 15) is 14.4 Å². The van der Waals surface area contributed by atoms with Gasteiger partial charge in [-0.3, -0.25) is 9.78 Å². The molecule has 6 heteroatoms. The first kappa shape index (κ1) is 19.8. The van der Waals surface area contributed by atoms with E-state index in [-0.39, 0.29) is 17.6 Å². The topological polar surface area (TPSA) is 69.0 Å². The Balaban J connectivity index is 1.50. The third kappa shape index (κ3) is 3.97. The second-order valence-electron chi connectivity index (χ2n) is 7.60. The maximum Gasteiger partial charge on any atom is 0.227 e. The summed E-state index contributed by atoms with van der Waals surface area (Å²) < 4.78 is 13.9. The summed E-state index contributed by atoms with van der Waals surface area (Å²) in [5.74, 6) is -0.430. The zero-order valence-electron chi connectivity index (χ0n) is 16.9. The molecule has 1 N–H and O–H groups in total. The summed E-state index contributed by atoms with van der Waals surface area (Å²) in [6.07, 6.45) is 3.80. The minimum absolute atomic E-state index is 0.0223. The van der Waals surface area contributed by atoms with Crippen LogP contribution < -0.4 is 10.2 Å². The summed E-state index contributed by atoms with van der Waals surface area (Å²) in [5.41, 5.74) is 3.79. The van der Waals surface area contributed by atoms with Crippen molar-refractivity contribution in [1.29, 1.82) is 5.26 Å². The molecule has 0 atom stereocenters. The Morgan fingerprint density at radius 1 is 1.27 bits per heavy atom. The molecule has 1 fully saturated rings. The van der Waals surface area contributed by atoms with Gasteiger partial charge in [-0.15, -0.1) is 0 Å². The largest absolute Gasteiger partial charge is 0.370 e. The molecule has 0 radical (unpaired) electrons. The predicted molar refractivity (Wildman–Crippen MR) is 116 cm³/mol. The van der Waals surface area contributed by atoms with Gasteiger partial charge in [0.1, 0.15) is 11.9 Å². The highest BCUT2D eigenvalue weighted by molar-refractivity contribution is 5.95. The number of carbonyl (C=O) groups excluding carboxylic acids is 1. The zero-order valence-corrected chi connectivity index (χ0v) is 16.9. The van der Waals surface area contributed by atoms with Gasteiger partial charge in [0.25, 0.3) is 0 Å². The molecule has 1 saturated heterocycles. The molecule has 2 aromatic carbocycles. The highest BCUT2D eigenvalue weighted by Gasteiger charge is 2.27. The van der Waals surface area contributed by atoms with Crippen LogP contribution in [0.15, 0.2) is 48.7 Å². The first-order chi connectivity index (χ1) is 14.6. The highest BCUT2D eigenvalue weighted by Crippen LogP contribution is 2.33. The number of benzene rings is 2. The van der Waals surface area contributed by atoms with Gasteiger partial charge in [0, 0.05) is 36.3 Å². The number of hydrogen-bond acceptors (Lipinski definition) is 4. The van der Waals surface area contributed by atoms with Gasteiger partial charge in [-0.2, -0.15) is 5.26 Å². The van der Waals surface area contributed by atoms with Crippen LogP contribution in [0.2, 0.25) is 0 Å². The number of amides is 1. The number of nitrogens with one attached hydrogen (secondary N) is 1. The van der Waals surface area contributed by atoms with Gasteiger partial charge in [0.05, 0.1) is 16.8 Å². The summed E-state index contributed by atoms with van der Waals surface area (Å²) in [6, 6.07) is 14.5. The van der Waals surface area contributed by atoms with Gasteiger partial charge in [0.2, 0.25) is 5.91 Å². The Bertz CT molecular complexity index is 1130. The van der Waals surface area contributed by atoms with Gasteiger partial charge in [-0.25, -0.2) is 4.39 Å². The number of aromatic nitrogens is 1. The number of rotatable bonds is 4. The van der Waals surface area contributed by atoms with Crippen LogP contribution in [0.3, 0.4) is 0 Å². The number of halogens is 1. The Labute approximate surface area is 175 Å². The summed E-state index contributed by atoms with van der Waals surface area (Å²) >= 11 is 0. The standard InChI is InChI=1S/C24H23FN4O/c1-2-16-4-3-5-20(12-16)28-24(30)17-8-10-29(11-9-17)23-18(14-26)15-27-22-7-6-19(25)13-21(22)23/h3-7,12-13,15,17H,2,8-11H2,1H3,(H,28,30). The number of piperidine rings is 1. The Hall–Kier alpha value is -3.46. The monoisotopic (exact) mass is 402 g/mol. The number of nitriles is 1. The van der Waals surface area contributed by atoms with Gasteiger partial charge in [-0.05, 0) is 55.2 Å². The molecular weight excluding hydrogens is 379 g/mol. The Kier molecular flexibility index (Phi) is 5.62. The van der Waals surface area contributed by atoms with Crippen LogP contribution in [0, 0.1) is 23.1 Å². The SMILES string of the molecule is CCc1cccc(NC(=O)C2CCN(c3c(C#N)cnc4ccc(F)cc34)CC2)c1. The zero-order chi connectivity index (χ0) is 21.1. The summed E-state index contributed by atoms with van der Waals surface area (Å²) in [6.45, 7) is 3.33. The molecule has 0 spiro atoms. The van der Waals surface area contributed by atoms with Crippen molar-refractivity contribution < 1.29 is 9.18 Å². The van der Waals surface area contributed by atoms with E-state index in [4.69, 9.17) is 0 Å². The predicted octanol–water partition coefficient (Wildman–Crippen LogP) is 4.66. The van der Waals surface area contributed by atoms with Crippen molar-refractivity contribution in [3.63, 3.8) is 0 Å². The Morgan fingerprint density at radius 2 is 2.07 bits per heavy atom. The molecule has 2 heterocycles. The normalized spacial score (nSPS) is 14.5. The molecule has 1 aliphatic heterocycles. The molecule has 0 unspecified atom stereocenters. The van der Waals surface area contributed by atoms with Crippen molar-refractivity contribution in [3.05, 3.63) is 65.6 Å². The summed E-state index contributed by atoms with van der Waals surface area (Å²) in [7, 11) is 0. The average molecular weight is 402 g/mol. The maximum atomic E-state index is 13.9. The van der Waals surface area contributed by atoms with Crippen molar-refractivity contribution in [2.24, 2.45) is 5.92 Å². The van der Waals surface area contributed by atoms with E-state index >= 15 is 0 Å². The Morgan fingerprint density at radius 3 is 2.80 bits per heavy atom. The van der Waals surface area contributed by atoms with Crippen LogP contribution >= 0.6 is 0 Å². The van der Waals surface area contributed by atoms with Crippen LogP contribution in [-0.2, 0) is 11.2 Å². The number of nitrogens with zero attached hydrogens (tertiary/aromatic N) is 3. The van der Waals surface area contributed by atoms with Crippen LogP contribution in [0.25, 0.3) is 10.9 Å². The van der Waals surface area contributed by atoms with Gasteiger partial charge in [-0.1, -0.05) is 19.1 Å². The lowest BCUT2D eigenvalue weighted by Gasteiger charge is -2.34. The van der Waals surface area contributed by atoms with E-state index in [1.165, 1.54) is 23.9 Å². The molecule has 152 valence electrons. The molecule has 3 aromatic rings. The van der Waals surface area contributed by atoms with Gasteiger partial charge in [0.15, 0.2) is 0 Å². The number of carbonyl (C=O) groups is 1. The van der Waals surface area contributed by atoms with Gasteiger partial charge >= 0.3 is 0 Å². The van der Waals surface area contributed by atoms with Crippen molar-refractivity contribution in [3.8, 4) is 6.07 Å². The quantitative estimate of drug-likeness (QED) is 0.689. The molecule has 1 aliphatic rings. The fourth-order valence-electron chi connectivity index (χ4n) is 4.05. The lowest BCUT2D eigenvalue weighted by Crippen LogP contribution is -2.38. The van der Waals surface area contributed by atoms with Crippen LogP contribution in [0.5, 0.6) is 0 Å².